The van der Waals surface area contributed by atoms with Crippen LogP contribution in [0.15, 0.2) is 82.2 Å². The number of amides is 1. The molecule has 35 heavy (non-hydrogen) atoms. The number of nitrogens with one attached hydrogen (secondary N) is 2. The molecule has 0 aliphatic carbocycles. The van der Waals surface area contributed by atoms with Gasteiger partial charge < -0.3 is 5.32 Å². The van der Waals surface area contributed by atoms with Gasteiger partial charge in [0.25, 0.3) is 5.91 Å². The molecule has 3 rings (SSSR count). The molecule has 0 aliphatic rings. The molecule has 0 heterocycles. The van der Waals surface area contributed by atoms with Gasteiger partial charge in [0.1, 0.15) is 0 Å². The van der Waals surface area contributed by atoms with E-state index in [2.05, 4.69) is 47.3 Å². The lowest BCUT2D eigenvalue weighted by molar-refractivity contribution is 0.0977. The first-order valence-electron chi connectivity index (χ1n) is 10.9. The number of hydrogen-bond acceptors (Lipinski definition) is 4. The van der Waals surface area contributed by atoms with Gasteiger partial charge in [-0.05, 0) is 65.2 Å². The third kappa shape index (κ3) is 6.98. The van der Waals surface area contributed by atoms with Gasteiger partial charge in [0.2, 0.25) is 10.0 Å². The van der Waals surface area contributed by atoms with E-state index >= 15 is 0 Å². The molecule has 3 aromatic rings. The predicted octanol–water partition coefficient (Wildman–Crippen LogP) is 5.69. The molecule has 0 fully saturated rings. The van der Waals surface area contributed by atoms with Gasteiger partial charge in [-0.25, -0.2) is 8.42 Å². The van der Waals surface area contributed by atoms with E-state index in [0.29, 0.717) is 11.3 Å². The summed E-state index contributed by atoms with van der Waals surface area (Å²) >= 11 is 8.81. The highest BCUT2D eigenvalue weighted by molar-refractivity contribution is 9.10. The average molecular weight is 575 g/mol. The molecule has 0 bridgehead atoms. The van der Waals surface area contributed by atoms with Crippen LogP contribution in [0.25, 0.3) is 0 Å². The second-order valence-corrected chi connectivity index (χ2v) is 12.4. The van der Waals surface area contributed by atoms with Crippen molar-refractivity contribution in [2.24, 2.45) is 0 Å². The molecule has 0 aliphatic heterocycles. The summed E-state index contributed by atoms with van der Waals surface area (Å²) in [7, 11) is -2.11. The van der Waals surface area contributed by atoms with Crippen molar-refractivity contribution in [1.82, 2.24) is 9.62 Å². The number of thiocarbonyl (C=S) groups is 1. The van der Waals surface area contributed by atoms with Crippen molar-refractivity contribution in [1.29, 1.82) is 0 Å². The number of carbonyl (C=O) groups excluding carboxylic acids is 1. The maximum absolute atomic E-state index is 12.9. The molecule has 9 heteroatoms. The number of anilines is 1. The van der Waals surface area contributed by atoms with E-state index in [9.17, 15) is 13.2 Å². The number of nitrogens with zero attached hydrogens (tertiary/aromatic N) is 1. The third-order valence-electron chi connectivity index (χ3n) is 5.33. The van der Waals surface area contributed by atoms with Gasteiger partial charge in [0, 0.05) is 29.3 Å². The van der Waals surface area contributed by atoms with Gasteiger partial charge in [-0.15, -0.1) is 0 Å². The second-order valence-electron chi connectivity index (χ2n) is 9.12. The van der Waals surface area contributed by atoms with Crippen molar-refractivity contribution in [3.63, 3.8) is 0 Å². The lowest BCUT2D eigenvalue weighted by atomic mass is 9.86. The molecule has 0 saturated heterocycles. The molecule has 184 valence electrons. The largest absolute Gasteiger partial charge is 0.332 e. The van der Waals surface area contributed by atoms with E-state index < -0.39 is 10.0 Å². The van der Waals surface area contributed by atoms with Crippen molar-refractivity contribution < 1.29 is 13.2 Å². The van der Waals surface area contributed by atoms with Crippen LogP contribution in [0.4, 0.5) is 5.69 Å². The quantitative estimate of drug-likeness (QED) is 0.370. The summed E-state index contributed by atoms with van der Waals surface area (Å²) in [6.45, 7) is 6.57. The topological polar surface area (TPSA) is 78.5 Å². The minimum absolute atomic E-state index is 0.0549. The van der Waals surface area contributed by atoms with Crippen molar-refractivity contribution in [3.05, 3.63) is 94.0 Å². The van der Waals surface area contributed by atoms with Gasteiger partial charge in [0.15, 0.2) is 5.11 Å². The minimum Gasteiger partial charge on any atom is -0.332 e. The highest BCUT2D eigenvalue weighted by Gasteiger charge is 2.21. The molecule has 0 atom stereocenters. The first-order valence-corrected chi connectivity index (χ1v) is 13.5. The van der Waals surface area contributed by atoms with Crippen LogP contribution in [0.1, 0.15) is 42.3 Å². The van der Waals surface area contributed by atoms with Gasteiger partial charge in [-0.1, -0.05) is 73.1 Å². The number of sulfonamides is 1. The molecule has 0 spiro atoms. The Balaban J connectivity index is 1.62. The van der Waals surface area contributed by atoms with E-state index in [0.717, 1.165) is 15.6 Å². The summed E-state index contributed by atoms with van der Waals surface area (Å²) in [5.74, 6) is -0.342. The fraction of sp³-hybridized carbons (Fsp3) is 0.231. The normalized spacial score (nSPS) is 11.8. The molecule has 0 radical (unpaired) electrons. The van der Waals surface area contributed by atoms with Crippen LogP contribution in [-0.2, 0) is 22.0 Å². The first-order chi connectivity index (χ1) is 16.4. The maximum Gasteiger partial charge on any atom is 0.257 e. The zero-order chi connectivity index (χ0) is 25.8. The van der Waals surface area contributed by atoms with Crippen molar-refractivity contribution in [2.75, 3.05) is 12.4 Å². The zero-order valence-electron chi connectivity index (χ0n) is 20.0. The van der Waals surface area contributed by atoms with Crippen molar-refractivity contribution in [2.45, 2.75) is 37.6 Å². The minimum atomic E-state index is -3.66. The number of rotatable bonds is 6. The highest BCUT2D eigenvalue weighted by atomic mass is 79.9. The fourth-order valence-electron chi connectivity index (χ4n) is 3.42. The molecule has 0 aromatic heterocycles. The number of halogens is 1. The monoisotopic (exact) mass is 573 g/mol. The first kappa shape index (κ1) is 27.0. The summed E-state index contributed by atoms with van der Waals surface area (Å²) in [6.07, 6.45) is 0. The molecule has 0 saturated carbocycles. The van der Waals surface area contributed by atoms with Crippen LogP contribution >= 0.6 is 28.1 Å². The van der Waals surface area contributed by atoms with Crippen LogP contribution in [0, 0.1) is 0 Å². The molecule has 2 N–H and O–H groups in total. The molecular formula is C26H28BrN3O3S2. The van der Waals surface area contributed by atoms with Crippen LogP contribution in [-0.4, -0.2) is 30.8 Å². The van der Waals surface area contributed by atoms with E-state index in [1.807, 2.05) is 36.4 Å². The Bertz CT molecular complexity index is 1320. The number of benzene rings is 3. The Kier molecular flexibility index (Phi) is 8.48. The number of carbonyl (C=O) groups is 1. The fourth-order valence-corrected chi connectivity index (χ4v) is 5.76. The van der Waals surface area contributed by atoms with E-state index in [-0.39, 0.29) is 27.9 Å². The Hall–Kier alpha value is -2.59. The molecule has 0 unspecified atom stereocenters. The Morgan fingerprint density at radius 3 is 2.20 bits per heavy atom. The Morgan fingerprint density at radius 1 is 1.00 bits per heavy atom. The molecule has 6 nitrogen and oxygen atoms in total. The van der Waals surface area contributed by atoms with E-state index in [1.54, 1.807) is 31.3 Å². The standard InChI is InChI=1S/C26H28BrN3O3S2/c1-26(2,3)22-15-10-19(16-23(22)27)24(31)29-25(34)28-20-11-13-21(14-12-20)35(32,33)30(4)17-18-8-6-5-7-9-18/h5-16H,17H2,1-4H3,(H2,28,29,31,34). The van der Waals surface area contributed by atoms with Gasteiger partial charge in [-0.2, -0.15) is 4.31 Å². The van der Waals surface area contributed by atoms with Gasteiger partial charge in [-0.3, -0.25) is 10.1 Å². The van der Waals surface area contributed by atoms with Crippen LogP contribution in [0.2, 0.25) is 0 Å². The summed E-state index contributed by atoms with van der Waals surface area (Å²) in [5, 5.41) is 5.69. The lowest BCUT2D eigenvalue weighted by Crippen LogP contribution is -2.34. The van der Waals surface area contributed by atoms with Crippen LogP contribution in [0.5, 0.6) is 0 Å². The Labute approximate surface area is 220 Å². The molecular weight excluding hydrogens is 546 g/mol. The van der Waals surface area contributed by atoms with Crippen molar-refractivity contribution in [3.8, 4) is 0 Å². The predicted molar refractivity (Wildman–Crippen MR) is 148 cm³/mol. The highest BCUT2D eigenvalue weighted by Crippen LogP contribution is 2.30. The zero-order valence-corrected chi connectivity index (χ0v) is 23.2. The molecule has 1 amide bonds. The van der Waals surface area contributed by atoms with E-state index in [4.69, 9.17) is 12.2 Å². The van der Waals surface area contributed by atoms with Gasteiger partial charge >= 0.3 is 0 Å². The van der Waals surface area contributed by atoms with Crippen molar-refractivity contribution >= 4 is 54.9 Å². The summed E-state index contributed by atoms with van der Waals surface area (Å²) in [4.78, 5) is 12.8. The lowest BCUT2D eigenvalue weighted by Gasteiger charge is -2.21. The van der Waals surface area contributed by atoms with Gasteiger partial charge in [0.05, 0.1) is 4.90 Å². The third-order valence-corrected chi connectivity index (χ3v) is 8.01. The average Bonchev–Trinajstić information content (AvgIpc) is 2.79. The summed E-state index contributed by atoms with van der Waals surface area (Å²) in [5.41, 5.74) is 2.97. The van der Waals surface area contributed by atoms with Crippen LogP contribution in [0.3, 0.4) is 0 Å². The molecule has 3 aromatic carbocycles. The number of hydrogen-bond donors (Lipinski definition) is 2. The second kappa shape index (κ2) is 11.0. The maximum atomic E-state index is 12.9. The Morgan fingerprint density at radius 2 is 1.63 bits per heavy atom. The SMILES string of the molecule is CN(Cc1ccccc1)S(=O)(=O)c1ccc(NC(=S)NC(=O)c2ccc(C(C)(C)C)c(Br)c2)cc1. The summed E-state index contributed by atoms with van der Waals surface area (Å²) < 4.78 is 28.0. The smallest absolute Gasteiger partial charge is 0.257 e. The summed E-state index contributed by atoms with van der Waals surface area (Å²) in [6, 6.07) is 21.1. The van der Waals surface area contributed by atoms with E-state index in [1.165, 1.54) is 16.4 Å². The van der Waals surface area contributed by atoms with Crippen LogP contribution < -0.4 is 10.6 Å².